The summed E-state index contributed by atoms with van der Waals surface area (Å²) in [5.41, 5.74) is 0.356. The quantitative estimate of drug-likeness (QED) is 0.363. The van der Waals surface area contributed by atoms with Gasteiger partial charge >= 0.3 is 12.2 Å². The average Bonchev–Trinajstić information content (AvgIpc) is 2.79. The van der Waals surface area contributed by atoms with Crippen molar-refractivity contribution < 1.29 is 26.4 Å². The largest absolute Gasteiger partial charge is 0.416 e. The first-order valence-electron chi connectivity index (χ1n) is 10.1. The number of rotatable bonds is 7. The Morgan fingerprint density at radius 3 is 2.34 bits per heavy atom. The van der Waals surface area contributed by atoms with Gasteiger partial charge in [0.1, 0.15) is 4.90 Å². The molecular formula is C23H20Cl2F3N3O3S. The molecule has 0 saturated carbocycles. The lowest BCUT2D eigenvalue weighted by Crippen LogP contribution is -2.41. The summed E-state index contributed by atoms with van der Waals surface area (Å²) in [5, 5.41) is 2.70. The minimum atomic E-state index is -4.62. The van der Waals surface area contributed by atoms with Gasteiger partial charge in [-0.25, -0.2) is 17.9 Å². The van der Waals surface area contributed by atoms with Crippen LogP contribution in [0.25, 0.3) is 0 Å². The van der Waals surface area contributed by atoms with Gasteiger partial charge in [0.25, 0.3) is 0 Å². The monoisotopic (exact) mass is 545 g/mol. The number of anilines is 2. The summed E-state index contributed by atoms with van der Waals surface area (Å²) in [7, 11) is -4.12. The Morgan fingerprint density at radius 2 is 1.69 bits per heavy atom. The molecule has 0 aliphatic heterocycles. The summed E-state index contributed by atoms with van der Waals surface area (Å²) in [4.78, 5) is 13.7. The van der Waals surface area contributed by atoms with Crippen molar-refractivity contribution >= 4 is 50.6 Å². The Morgan fingerprint density at radius 1 is 1.00 bits per heavy atom. The number of carbonyl (C=O) groups excluding carboxylic acids is 1. The molecule has 186 valence electrons. The second-order valence-corrected chi connectivity index (χ2v) is 10.0. The van der Waals surface area contributed by atoms with Crippen LogP contribution in [-0.2, 0) is 16.2 Å². The number of sulfonamides is 1. The average molecular weight is 546 g/mol. The van der Waals surface area contributed by atoms with Gasteiger partial charge in [-0.2, -0.15) is 13.2 Å². The lowest BCUT2D eigenvalue weighted by atomic mass is 10.2. The van der Waals surface area contributed by atoms with Crippen LogP contribution in [0.4, 0.5) is 29.3 Å². The number of hydrogen-bond donors (Lipinski definition) is 2. The SMILES string of the molecule is Cc1ccc(NC(=O)N(CCNS(=O)(=O)c2cc(Cl)ccc2Cl)c2cccc(C(F)(F)F)c2)cc1. The van der Waals surface area contributed by atoms with E-state index >= 15 is 0 Å². The van der Waals surface area contributed by atoms with Gasteiger partial charge in [0, 0.05) is 29.5 Å². The maximum absolute atomic E-state index is 13.2. The Labute approximate surface area is 210 Å². The predicted octanol–water partition coefficient (Wildman–Crippen LogP) is 6.34. The molecule has 0 unspecified atom stereocenters. The van der Waals surface area contributed by atoms with E-state index in [0.717, 1.165) is 22.6 Å². The first-order chi connectivity index (χ1) is 16.4. The summed E-state index contributed by atoms with van der Waals surface area (Å²) in [5.74, 6) is 0. The van der Waals surface area contributed by atoms with E-state index in [2.05, 4.69) is 10.0 Å². The van der Waals surface area contributed by atoms with Crippen LogP contribution in [0.1, 0.15) is 11.1 Å². The Balaban J connectivity index is 1.84. The fraction of sp³-hybridized carbons (Fsp3) is 0.174. The molecule has 0 fully saturated rings. The summed E-state index contributed by atoms with van der Waals surface area (Å²) < 4.78 is 67.4. The van der Waals surface area contributed by atoms with E-state index in [-0.39, 0.29) is 33.7 Å². The summed E-state index contributed by atoms with van der Waals surface area (Å²) in [6, 6.07) is 14.2. The first-order valence-corrected chi connectivity index (χ1v) is 12.4. The molecule has 0 saturated heterocycles. The highest BCUT2D eigenvalue weighted by atomic mass is 35.5. The molecule has 6 nitrogen and oxygen atoms in total. The zero-order chi connectivity index (χ0) is 25.8. The molecule has 0 aromatic heterocycles. The van der Waals surface area contributed by atoms with Crippen LogP contribution in [0.3, 0.4) is 0 Å². The van der Waals surface area contributed by atoms with E-state index in [1.807, 2.05) is 6.92 Å². The number of nitrogens with zero attached hydrogens (tertiary/aromatic N) is 1. The van der Waals surface area contributed by atoms with Crippen molar-refractivity contribution in [2.75, 3.05) is 23.3 Å². The maximum Gasteiger partial charge on any atom is 0.416 e. The van der Waals surface area contributed by atoms with E-state index in [9.17, 15) is 26.4 Å². The maximum atomic E-state index is 13.2. The van der Waals surface area contributed by atoms with E-state index < -0.39 is 27.8 Å². The van der Waals surface area contributed by atoms with Crippen molar-refractivity contribution in [2.45, 2.75) is 18.0 Å². The molecule has 3 rings (SSSR count). The molecule has 0 heterocycles. The highest BCUT2D eigenvalue weighted by molar-refractivity contribution is 7.89. The van der Waals surface area contributed by atoms with E-state index in [0.29, 0.717) is 5.69 Å². The van der Waals surface area contributed by atoms with Gasteiger partial charge in [0.15, 0.2) is 0 Å². The standard InChI is InChI=1S/C23H20Cl2F3N3O3S/c1-15-5-8-18(9-6-15)30-22(32)31(19-4-2-3-16(13-19)23(26,27)28)12-11-29-35(33,34)21-14-17(24)7-10-20(21)25/h2-10,13-14,29H,11-12H2,1H3,(H,30,32). The number of alkyl halides is 3. The van der Waals surface area contributed by atoms with Gasteiger partial charge in [-0.15, -0.1) is 0 Å². The van der Waals surface area contributed by atoms with Crippen LogP contribution >= 0.6 is 23.2 Å². The van der Waals surface area contributed by atoms with Crippen molar-refractivity contribution in [1.29, 1.82) is 0 Å². The zero-order valence-electron chi connectivity index (χ0n) is 18.2. The fourth-order valence-corrected chi connectivity index (χ4v) is 4.86. The van der Waals surface area contributed by atoms with E-state index in [4.69, 9.17) is 23.2 Å². The lowest BCUT2D eigenvalue weighted by molar-refractivity contribution is -0.137. The van der Waals surface area contributed by atoms with Crippen molar-refractivity contribution in [1.82, 2.24) is 4.72 Å². The summed E-state index contributed by atoms with van der Waals surface area (Å²) in [6.45, 7) is 1.26. The molecule has 12 heteroatoms. The third-order valence-electron chi connectivity index (χ3n) is 4.84. The van der Waals surface area contributed by atoms with E-state index in [1.165, 1.54) is 30.3 Å². The fourth-order valence-electron chi connectivity index (χ4n) is 3.08. The first kappa shape index (κ1) is 26.8. The molecule has 3 aromatic carbocycles. The molecule has 0 radical (unpaired) electrons. The van der Waals surface area contributed by atoms with Gasteiger partial charge in [0.05, 0.1) is 10.6 Å². The van der Waals surface area contributed by atoms with Crippen LogP contribution in [0.2, 0.25) is 10.0 Å². The molecule has 0 aliphatic rings. The molecule has 0 aliphatic carbocycles. The van der Waals surface area contributed by atoms with Gasteiger partial charge in [-0.05, 0) is 55.5 Å². The second kappa shape index (κ2) is 10.9. The van der Waals surface area contributed by atoms with Gasteiger partial charge in [0.2, 0.25) is 10.0 Å². The number of urea groups is 1. The van der Waals surface area contributed by atoms with Crippen LogP contribution in [0.15, 0.2) is 71.6 Å². The summed E-state index contributed by atoms with van der Waals surface area (Å²) in [6.07, 6.45) is -4.62. The molecule has 2 amide bonds. The highest BCUT2D eigenvalue weighted by Crippen LogP contribution is 2.32. The number of amides is 2. The smallest absolute Gasteiger partial charge is 0.308 e. The lowest BCUT2D eigenvalue weighted by Gasteiger charge is -2.24. The van der Waals surface area contributed by atoms with Gasteiger partial charge < -0.3 is 5.32 Å². The number of halogens is 5. The number of carbonyl (C=O) groups is 1. The number of nitrogens with one attached hydrogen (secondary N) is 2. The molecule has 3 aromatic rings. The molecule has 0 spiro atoms. The third kappa shape index (κ3) is 7.11. The molecular weight excluding hydrogens is 526 g/mol. The number of hydrogen-bond acceptors (Lipinski definition) is 3. The van der Waals surface area contributed by atoms with Crippen LogP contribution < -0.4 is 14.9 Å². The molecule has 2 N–H and O–H groups in total. The van der Waals surface area contributed by atoms with Crippen molar-refractivity contribution in [3.05, 3.63) is 87.9 Å². The molecule has 0 bridgehead atoms. The Hall–Kier alpha value is -2.79. The van der Waals surface area contributed by atoms with Crippen molar-refractivity contribution in [3.63, 3.8) is 0 Å². The van der Waals surface area contributed by atoms with Gasteiger partial charge in [-0.1, -0.05) is 47.0 Å². The molecule has 35 heavy (non-hydrogen) atoms. The normalized spacial score (nSPS) is 11.8. The topological polar surface area (TPSA) is 78.5 Å². The predicted molar refractivity (Wildman–Crippen MR) is 131 cm³/mol. The highest BCUT2D eigenvalue weighted by Gasteiger charge is 2.31. The van der Waals surface area contributed by atoms with Crippen LogP contribution in [0.5, 0.6) is 0 Å². The minimum absolute atomic E-state index is 0.0613. The van der Waals surface area contributed by atoms with Crippen LogP contribution in [-0.4, -0.2) is 27.5 Å². The number of benzene rings is 3. The van der Waals surface area contributed by atoms with Gasteiger partial charge in [-0.3, -0.25) is 4.90 Å². The van der Waals surface area contributed by atoms with Crippen molar-refractivity contribution in [3.8, 4) is 0 Å². The minimum Gasteiger partial charge on any atom is -0.308 e. The third-order valence-corrected chi connectivity index (χ3v) is 7.02. The summed E-state index contributed by atoms with van der Waals surface area (Å²) >= 11 is 11.8. The van der Waals surface area contributed by atoms with E-state index in [1.54, 1.807) is 24.3 Å². The second-order valence-electron chi connectivity index (χ2n) is 7.47. The zero-order valence-corrected chi connectivity index (χ0v) is 20.6. The molecule has 0 atom stereocenters. The Kier molecular flexibility index (Phi) is 8.32. The Bertz CT molecular complexity index is 1320. The van der Waals surface area contributed by atoms with Crippen molar-refractivity contribution in [2.24, 2.45) is 0 Å². The number of aryl methyl sites for hydroxylation is 1. The van der Waals surface area contributed by atoms with Crippen LogP contribution in [0, 0.1) is 6.92 Å².